The van der Waals surface area contributed by atoms with Crippen molar-refractivity contribution >= 4 is 72.0 Å². The standard InChI is InChI=1S/C72H56N2/c1-71(2)65-29-17-15-25-57(65)63-43-53(39-41-67(63)71)73(51-35-31-49(32-36-51)47-19-7-5-8-20-47)69-45-61-56-24-12-14-28-60(56)70(46-62(61)55-23-11-13-27-59(55)69)74(52-37-33-50(34-38-52)48-21-9-6-10-22-48)54-40-42-68-64(44-54)58-26-16-18-30-66(58)72(68,3)4/h5-15,17-25,27-46H,16,26H2,1-4H3. The Kier molecular flexibility index (Phi) is 10.1. The first-order valence-corrected chi connectivity index (χ1v) is 26.3. The lowest BCUT2D eigenvalue weighted by atomic mass is 9.80. The van der Waals surface area contributed by atoms with Crippen LogP contribution in [-0.2, 0) is 10.8 Å². The van der Waals surface area contributed by atoms with E-state index in [1.165, 1.54) is 99.1 Å². The van der Waals surface area contributed by atoms with Gasteiger partial charge in [0, 0.05) is 44.4 Å². The van der Waals surface area contributed by atoms with Crippen molar-refractivity contribution in [3.63, 3.8) is 0 Å². The highest BCUT2D eigenvalue weighted by Crippen LogP contribution is 2.55. The van der Waals surface area contributed by atoms with Crippen LogP contribution in [0.25, 0.3) is 71.3 Å². The lowest BCUT2D eigenvalue weighted by Crippen LogP contribution is -2.17. The van der Waals surface area contributed by atoms with E-state index in [2.05, 4.69) is 280 Å². The van der Waals surface area contributed by atoms with E-state index >= 15 is 0 Å². The Morgan fingerprint density at radius 1 is 0.324 bits per heavy atom. The van der Waals surface area contributed by atoms with E-state index < -0.39 is 0 Å². The molecule has 74 heavy (non-hydrogen) atoms. The summed E-state index contributed by atoms with van der Waals surface area (Å²) in [5.41, 5.74) is 22.6. The lowest BCUT2D eigenvalue weighted by molar-refractivity contribution is 0.651. The van der Waals surface area contributed by atoms with Crippen molar-refractivity contribution in [3.8, 4) is 33.4 Å². The smallest absolute Gasteiger partial charge is 0.0546 e. The third-order valence-corrected chi connectivity index (χ3v) is 16.7. The molecule has 2 nitrogen and oxygen atoms in total. The predicted octanol–water partition coefficient (Wildman–Crippen LogP) is 20.1. The van der Waals surface area contributed by atoms with E-state index in [1.807, 2.05) is 0 Å². The van der Waals surface area contributed by atoms with Crippen molar-refractivity contribution in [1.82, 2.24) is 0 Å². The van der Waals surface area contributed by atoms with Gasteiger partial charge in [0.25, 0.3) is 0 Å². The fourth-order valence-electron chi connectivity index (χ4n) is 13.0. The van der Waals surface area contributed by atoms with Gasteiger partial charge in [0.15, 0.2) is 0 Å². The highest BCUT2D eigenvalue weighted by Gasteiger charge is 2.38. The fourth-order valence-corrected chi connectivity index (χ4v) is 13.0. The Morgan fingerprint density at radius 3 is 1.28 bits per heavy atom. The third kappa shape index (κ3) is 6.85. The highest BCUT2D eigenvalue weighted by molar-refractivity contribution is 6.24. The number of rotatable bonds is 8. The van der Waals surface area contributed by atoms with E-state index in [-0.39, 0.29) is 10.8 Å². The fraction of sp³-hybridized carbons (Fsp3) is 0.111. The van der Waals surface area contributed by atoms with E-state index in [9.17, 15) is 0 Å². The summed E-state index contributed by atoms with van der Waals surface area (Å²) >= 11 is 0. The average Bonchev–Trinajstić information content (AvgIpc) is 3.90. The second-order valence-corrected chi connectivity index (χ2v) is 21.6. The molecule has 0 unspecified atom stereocenters. The number of hydrogen-bond acceptors (Lipinski definition) is 2. The first-order chi connectivity index (χ1) is 36.2. The summed E-state index contributed by atoms with van der Waals surface area (Å²) in [4.78, 5) is 5.03. The molecule has 0 aromatic heterocycles. The summed E-state index contributed by atoms with van der Waals surface area (Å²) in [5, 5.41) is 7.26. The van der Waals surface area contributed by atoms with Crippen LogP contribution in [0.15, 0.2) is 248 Å². The molecule has 0 fully saturated rings. The molecular weight excluding hydrogens is 893 g/mol. The predicted molar refractivity (Wildman–Crippen MR) is 315 cm³/mol. The second-order valence-electron chi connectivity index (χ2n) is 21.6. The van der Waals surface area contributed by atoms with Gasteiger partial charge in [-0.3, -0.25) is 0 Å². The molecule has 11 aromatic carbocycles. The minimum atomic E-state index is -0.0967. The maximum absolute atomic E-state index is 2.52. The maximum atomic E-state index is 2.52. The Hall–Kier alpha value is -8.72. The molecule has 0 aliphatic heterocycles. The van der Waals surface area contributed by atoms with E-state index in [0.29, 0.717) is 0 Å². The SMILES string of the molecule is CC1(C)C2=C(CCC=C2)c2cc(N(c3ccc(-c4ccccc4)cc3)c3cc4c5ccccc5c(N(c5ccc(-c6ccccc6)cc5)c5ccc6c(c5)-c5ccccc5C6(C)C)cc4c4ccccc34)ccc21. The van der Waals surface area contributed by atoms with Crippen molar-refractivity contribution in [2.75, 3.05) is 9.80 Å². The van der Waals surface area contributed by atoms with Gasteiger partial charge in [-0.15, -0.1) is 0 Å². The minimum absolute atomic E-state index is 0.0484. The number of benzene rings is 11. The summed E-state index contributed by atoms with van der Waals surface area (Å²) < 4.78 is 0. The Balaban J connectivity index is 1.00. The van der Waals surface area contributed by atoms with Crippen LogP contribution in [-0.4, -0.2) is 0 Å². The van der Waals surface area contributed by atoms with Gasteiger partial charge in [-0.2, -0.15) is 0 Å². The zero-order valence-corrected chi connectivity index (χ0v) is 42.4. The van der Waals surface area contributed by atoms with Crippen molar-refractivity contribution in [3.05, 3.63) is 271 Å². The van der Waals surface area contributed by atoms with E-state index in [0.717, 1.165) is 47.0 Å². The van der Waals surface area contributed by atoms with Gasteiger partial charge in [0.1, 0.15) is 0 Å². The molecule has 3 aliphatic rings. The first-order valence-electron chi connectivity index (χ1n) is 26.3. The number of fused-ring (bicyclic) bond motifs is 10. The van der Waals surface area contributed by atoms with Crippen molar-refractivity contribution in [2.24, 2.45) is 0 Å². The van der Waals surface area contributed by atoms with Crippen LogP contribution >= 0.6 is 0 Å². The van der Waals surface area contributed by atoms with Gasteiger partial charge in [-0.1, -0.05) is 210 Å². The monoisotopic (exact) mass is 948 g/mol. The molecule has 14 rings (SSSR count). The van der Waals surface area contributed by atoms with Gasteiger partial charge >= 0.3 is 0 Å². The summed E-state index contributed by atoms with van der Waals surface area (Å²) in [6.07, 6.45) is 6.88. The molecule has 0 heterocycles. The molecule has 11 aromatic rings. The number of hydrogen-bond donors (Lipinski definition) is 0. The maximum Gasteiger partial charge on any atom is 0.0546 e. The summed E-state index contributed by atoms with van der Waals surface area (Å²) in [5.74, 6) is 0. The Morgan fingerprint density at radius 2 is 0.743 bits per heavy atom. The van der Waals surface area contributed by atoms with E-state index in [1.54, 1.807) is 0 Å². The van der Waals surface area contributed by atoms with Gasteiger partial charge in [-0.25, -0.2) is 0 Å². The quantitative estimate of drug-likeness (QED) is 0.140. The Labute approximate surface area is 434 Å². The van der Waals surface area contributed by atoms with Gasteiger partial charge in [-0.05, 0) is 162 Å². The van der Waals surface area contributed by atoms with E-state index in [4.69, 9.17) is 0 Å². The largest absolute Gasteiger partial charge is 0.310 e. The zero-order chi connectivity index (χ0) is 49.7. The summed E-state index contributed by atoms with van der Waals surface area (Å²) in [6, 6.07) is 86.2. The molecule has 0 spiro atoms. The molecule has 0 bridgehead atoms. The Bertz CT molecular complexity index is 4100. The summed E-state index contributed by atoms with van der Waals surface area (Å²) in [6.45, 7) is 9.51. The van der Waals surface area contributed by atoms with Crippen LogP contribution < -0.4 is 9.80 Å². The molecule has 0 amide bonds. The summed E-state index contributed by atoms with van der Waals surface area (Å²) in [7, 11) is 0. The van der Waals surface area contributed by atoms with Crippen molar-refractivity contribution in [1.29, 1.82) is 0 Å². The molecule has 0 N–H and O–H groups in total. The third-order valence-electron chi connectivity index (χ3n) is 16.7. The molecule has 2 heteroatoms. The molecule has 3 aliphatic carbocycles. The van der Waals surface area contributed by atoms with Gasteiger partial charge in [0.05, 0.1) is 11.4 Å². The van der Waals surface area contributed by atoms with Gasteiger partial charge in [0.2, 0.25) is 0 Å². The molecule has 0 saturated heterocycles. The van der Waals surface area contributed by atoms with Crippen molar-refractivity contribution in [2.45, 2.75) is 51.4 Å². The molecule has 354 valence electrons. The van der Waals surface area contributed by atoms with Crippen molar-refractivity contribution < 1.29 is 0 Å². The molecular formula is C72H56N2. The van der Waals surface area contributed by atoms with Crippen LogP contribution in [0.5, 0.6) is 0 Å². The first kappa shape index (κ1) is 44.0. The van der Waals surface area contributed by atoms with Crippen LogP contribution in [0.1, 0.15) is 62.8 Å². The molecule has 0 saturated carbocycles. The average molecular weight is 949 g/mol. The topological polar surface area (TPSA) is 6.48 Å². The van der Waals surface area contributed by atoms with Crippen LogP contribution in [0.3, 0.4) is 0 Å². The van der Waals surface area contributed by atoms with Crippen LogP contribution in [0.2, 0.25) is 0 Å². The van der Waals surface area contributed by atoms with Gasteiger partial charge < -0.3 is 9.80 Å². The molecule has 0 atom stereocenters. The lowest BCUT2D eigenvalue weighted by Gasteiger charge is -2.31. The van der Waals surface area contributed by atoms with Crippen LogP contribution in [0.4, 0.5) is 34.1 Å². The number of anilines is 6. The zero-order valence-electron chi connectivity index (χ0n) is 42.4. The number of allylic oxidation sites excluding steroid dienone is 4. The normalized spacial score (nSPS) is 14.8. The second kappa shape index (κ2) is 16.9. The van der Waals surface area contributed by atoms with Crippen LogP contribution in [0, 0.1) is 0 Å². The molecule has 0 radical (unpaired) electrons. The minimum Gasteiger partial charge on any atom is -0.310 e. The number of nitrogens with zero attached hydrogens (tertiary/aromatic N) is 2. The highest BCUT2D eigenvalue weighted by atomic mass is 15.2.